The van der Waals surface area contributed by atoms with Crippen LogP contribution >= 0.6 is 0 Å². The van der Waals surface area contributed by atoms with Gasteiger partial charge in [-0.3, -0.25) is 14.7 Å². The lowest BCUT2D eigenvalue weighted by molar-refractivity contribution is -0.130. The second kappa shape index (κ2) is 12.4. The number of aromatic nitrogens is 1. The largest absolute Gasteiger partial charge is 0.496 e. The van der Waals surface area contributed by atoms with Crippen LogP contribution in [0.1, 0.15) is 47.6 Å². The SMILES string of the molecule is COc1ccccc1C1CCN(CCCN2C(=O)C(c3ccc(F)cc3)(c3cccc(F)c3)N=C2c2ccccn2)CC1. The normalized spacial score (nSPS) is 19.5. The van der Waals surface area contributed by atoms with Crippen LogP contribution in [0.15, 0.2) is 102 Å². The minimum Gasteiger partial charge on any atom is -0.496 e. The highest BCUT2D eigenvalue weighted by Crippen LogP contribution is 2.41. The van der Waals surface area contributed by atoms with Crippen LogP contribution in [-0.4, -0.2) is 59.8 Å². The van der Waals surface area contributed by atoms with Crippen molar-refractivity contribution < 1.29 is 18.3 Å². The Labute approximate surface area is 250 Å². The maximum Gasteiger partial charge on any atom is 0.265 e. The maximum atomic E-state index is 14.5. The van der Waals surface area contributed by atoms with E-state index >= 15 is 0 Å². The van der Waals surface area contributed by atoms with Crippen LogP contribution in [-0.2, 0) is 10.3 Å². The molecule has 0 aliphatic carbocycles. The summed E-state index contributed by atoms with van der Waals surface area (Å²) in [6.45, 7) is 3.15. The number of methoxy groups -OCH3 is 1. The number of carbonyl (C=O) groups excluding carboxylic acids is 1. The monoisotopic (exact) mass is 580 g/mol. The van der Waals surface area contributed by atoms with E-state index in [1.165, 1.54) is 29.8 Å². The number of amides is 1. The Morgan fingerprint density at radius 3 is 2.35 bits per heavy atom. The standard InChI is InChI=1S/C35H34F2N4O2/c1-43-32-12-3-2-10-30(32)25-17-22-40(23-18-25)20-7-21-41-33(31-11-4-5-19-38-31)39-35(34(41)42,26-13-15-28(36)16-14-26)27-8-6-9-29(37)24-27/h2-6,8-16,19,24-25H,7,17-18,20-23H2,1H3. The van der Waals surface area contributed by atoms with Crippen molar-refractivity contribution >= 4 is 11.7 Å². The van der Waals surface area contributed by atoms with E-state index in [-0.39, 0.29) is 5.91 Å². The number of likely N-dealkylation sites (tertiary alicyclic amines) is 1. The molecule has 0 spiro atoms. The summed E-state index contributed by atoms with van der Waals surface area (Å²) in [5.74, 6) is 0.616. The molecule has 0 saturated carbocycles. The van der Waals surface area contributed by atoms with Crippen LogP contribution in [0.3, 0.4) is 0 Å². The number of hydrogen-bond acceptors (Lipinski definition) is 5. The molecule has 43 heavy (non-hydrogen) atoms. The molecule has 1 atom stereocenters. The number of rotatable bonds is 9. The number of piperidine rings is 1. The smallest absolute Gasteiger partial charge is 0.265 e. The number of pyridine rings is 1. The molecule has 3 heterocycles. The second-order valence-electron chi connectivity index (χ2n) is 11.0. The average molecular weight is 581 g/mol. The van der Waals surface area contributed by atoms with Crippen LogP contribution in [0.4, 0.5) is 8.78 Å². The fraction of sp³-hybridized carbons (Fsp3) is 0.286. The predicted octanol–water partition coefficient (Wildman–Crippen LogP) is 6.17. The molecule has 1 unspecified atom stereocenters. The van der Waals surface area contributed by atoms with E-state index in [1.54, 1.807) is 48.5 Å². The van der Waals surface area contributed by atoms with E-state index in [0.29, 0.717) is 35.1 Å². The maximum absolute atomic E-state index is 14.5. The summed E-state index contributed by atoms with van der Waals surface area (Å²) in [7, 11) is 1.72. The fourth-order valence-corrected chi connectivity index (χ4v) is 6.33. The zero-order chi connectivity index (χ0) is 29.8. The first-order chi connectivity index (χ1) is 21.0. The van der Waals surface area contributed by atoms with Gasteiger partial charge in [-0.1, -0.05) is 48.5 Å². The van der Waals surface area contributed by atoms with Crippen LogP contribution in [0.25, 0.3) is 0 Å². The molecule has 3 aromatic carbocycles. The van der Waals surface area contributed by atoms with Gasteiger partial charge < -0.3 is 9.64 Å². The molecule has 1 saturated heterocycles. The highest BCUT2D eigenvalue weighted by molar-refractivity contribution is 6.16. The van der Waals surface area contributed by atoms with Gasteiger partial charge in [-0.05, 0) is 104 Å². The number of hydrogen-bond donors (Lipinski definition) is 0. The zero-order valence-electron chi connectivity index (χ0n) is 24.1. The number of halogens is 2. The van der Waals surface area contributed by atoms with Crippen molar-refractivity contribution in [1.82, 2.24) is 14.8 Å². The van der Waals surface area contributed by atoms with E-state index in [1.807, 2.05) is 24.3 Å². The zero-order valence-corrected chi connectivity index (χ0v) is 24.1. The molecule has 0 bridgehead atoms. The first-order valence-corrected chi connectivity index (χ1v) is 14.7. The highest BCUT2D eigenvalue weighted by Gasteiger charge is 2.51. The van der Waals surface area contributed by atoms with E-state index < -0.39 is 17.2 Å². The molecule has 8 heteroatoms. The molecule has 6 rings (SSSR count). The summed E-state index contributed by atoms with van der Waals surface area (Å²) < 4.78 is 34.1. The van der Waals surface area contributed by atoms with Gasteiger partial charge in [0.2, 0.25) is 0 Å². The van der Waals surface area contributed by atoms with Gasteiger partial charge in [0, 0.05) is 12.7 Å². The summed E-state index contributed by atoms with van der Waals surface area (Å²) in [5, 5.41) is 0. The second-order valence-corrected chi connectivity index (χ2v) is 11.0. The van der Waals surface area contributed by atoms with E-state index in [0.717, 1.165) is 44.6 Å². The van der Waals surface area contributed by atoms with Crippen molar-refractivity contribution in [2.45, 2.75) is 30.7 Å². The summed E-state index contributed by atoms with van der Waals surface area (Å²) in [5.41, 5.74) is 1.11. The fourth-order valence-electron chi connectivity index (χ4n) is 6.33. The van der Waals surface area contributed by atoms with Gasteiger partial charge >= 0.3 is 0 Å². The van der Waals surface area contributed by atoms with Crippen molar-refractivity contribution in [2.24, 2.45) is 4.99 Å². The van der Waals surface area contributed by atoms with Crippen molar-refractivity contribution in [3.8, 4) is 5.75 Å². The van der Waals surface area contributed by atoms with Gasteiger partial charge in [0.1, 0.15) is 23.1 Å². The van der Waals surface area contributed by atoms with E-state index in [4.69, 9.17) is 9.73 Å². The minimum absolute atomic E-state index is 0.305. The van der Waals surface area contributed by atoms with Crippen molar-refractivity contribution in [3.63, 3.8) is 0 Å². The number of carbonyl (C=O) groups is 1. The number of para-hydroxylation sites is 1. The van der Waals surface area contributed by atoms with Gasteiger partial charge in [-0.25, -0.2) is 13.8 Å². The Morgan fingerprint density at radius 1 is 0.860 bits per heavy atom. The average Bonchev–Trinajstić information content (AvgIpc) is 3.34. The number of nitrogens with zero attached hydrogens (tertiary/aromatic N) is 4. The van der Waals surface area contributed by atoms with Crippen LogP contribution in [0.5, 0.6) is 5.75 Å². The third-order valence-corrected chi connectivity index (χ3v) is 8.50. The van der Waals surface area contributed by atoms with E-state index in [9.17, 15) is 13.6 Å². The van der Waals surface area contributed by atoms with Crippen molar-refractivity contribution in [2.75, 3.05) is 33.3 Å². The van der Waals surface area contributed by atoms with Crippen LogP contribution in [0, 0.1) is 11.6 Å². The molecular weight excluding hydrogens is 546 g/mol. The molecule has 2 aliphatic heterocycles. The van der Waals surface area contributed by atoms with Crippen LogP contribution in [0.2, 0.25) is 0 Å². The molecule has 1 fully saturated rings. The molecule has 2 aliphatic rings. The first kappa shape index (κ1) is 28.7. The van der Waals surface area contributed by atoms with Gasteiger partial charge in [-0.15, -0.1) is 0 Å². The Hall–Kier alpha value is -4.43. The number of amidine groups is 1. The molecule has 6 nitrogen and oxygen atoms in total. The number of aliphatic imine (C=N–C) groups is 1. The number of ether oxygens (including phenoxy) is 1. The predicted molar refractivity (Wildman–Crippen MR) is 162 cm³/mol. The van der Waals surface area contributed by atoms with Gasteiger partial charge in [0.05, 0.1) is 7.11 Å². The molecule has 4 aromatic rings. The van der Waals surface area contributed by atoms with E-state index in [2.05, 4.69) is 22.0 Å². The Kier molecular flexibility index (Phi) is 8.29. The molecule has 0 N–H and O–H groups in total. The third-order valence-electron chi connectivity index (χ3n) is 8.50. The quantitative estimate of drug-likeness (QED) is 0.238. The Morgan fingerprint density at radius 2 is 1.63 bits per heavy atom. The lowest BCUT2D eigenvalue weighted by Crippen LogP contribution is -2.43. The van der Waals surface area contributed by atoms with Crippen LogP contribution < -0.4 is 4.74 Å². The third kappa shape index (κ3) is 5.67. The summed E-state index contributed by atoms with van der Waals surface area (Å²) in [4.78, 5) is 28.1. The van der Waals surface area contributed by atoms with Gasteiger partial charge in [0.25, 0.3) is 5.91 Å². The summed E-state index contributed by atoms with van der Waals surface area (Å²) in [6.07, 6.45) is 4.46. The minimum atomic E-state index is -1.56. The lowest BCUT2D eigenvalue weighted by Gasteiger charge is -2.33. The molecule has 1 aromatic heterocycles. The number of benzene rings is 3. The first-order valence-electron chi connectivity index (χ1n) is 14.7. The summed E-state index contributed by atoms with van der Waals surface area (Å²) in [6, 6.07) is 25.3. The Balaban J connectivity index is 1.24. The molecule has 0 radical (unpaired) electrons. The van der Waals surface area contributed by atoms with Crippen molar-refractivity contribution in [3.05, 3.63) is 131 Å². The molecule has 220 valence electrons. The summed E-state index contributed by atoms with van der Waals surface area (Å²) >= 11 is 0. The lowest BCUT2D eigenvalue weighted by atomic mass is 9.82. The van der Waals surface area contributed by atoms with Crippen molar-refractivity contribution in [1.29, 1.82) is 0 Å². The topological polar surface area (TPSA) is 58.0 Å². The Bertz CT molecular complexity index is 1600. The van der Waals surface area contributed by atoms with Gasteiger partial charge in [-0.2, -0.15) is 0 Å². The van der Waals surface area contributed by atoms with Gasteiger partial charge in [0.15, 0.2) is 11.4 Å². The molecular formula is C35H34F2N4O2. The highest BCUT2D eigenvalue weighted by atomic mass is 19.1. The molecule has 1 amide bonds.